The van der Waals surface area contributed by atoms with Crippen LogP contribution in [-0.2, 0) is 38.4 Å². The number of carbonyl (C=O) groups is 8. The molecule has 8 rings (SSSR count). The first-order valence-electron chi connectivity index (χ1n) is 34.5. The molecule has 0 aliphatic carbocycles. The number of ketones is 4. The van der Waals surface area contributed by atoms with Crippen molar-refractivity contribution in [3.8, 4) is 0 Å². The van der Waals surface area contributed by atoms with E-state index in [0.29, 0.717) is 53.5 Å². The summed E-state index contributed by atoms with van der Waals surface area (Å²) in [6.45, 7) is 12.2. The molecular weight excluding hydrogens is 1310 g/mol. The van der Waals surface area contributed by atoms with Crippen LogP contribution < -0.4 is 21.3 Å². The standard InChI is InChI=1S/2C23H25NO2.C22H22ClNO2.C20H21NO2S/c2*1-3-4-10-22(25)21(17-20-8-6-5-7-9-20)24-23(26)16-15-19-13-11-18(2)12-14-19;1-2-3-9-21(25)20(16-18-7-5-4-6-8-18)24-22(26)15-12-17-10-13-19(23)14-11-17;1-2-3-11-19(22)18(15-16-8-5-4-6-9-16)21-20(23)13-12-17-10-7-14-24-17/h2*5-9,11-17H,3-4,10H2,1-2H3,(H,24,26);4-8,10-16H,2-3,9H2,1H3,(H,24,26);4-10,12-15H,2-3,11H2,1H3,(H,21,23)/b2*16-15+,21-17-;15-12+,20-16-;13-12+,18-15-. The quantitative estimate of drug-likeness (QED) is 0.0300. The van der Waals surface area contributed by atoms with E-state index >= 15 is 0 Å². The molecule has 526 valence electrons. The molecule has 4 amide bonds. The molecule has 1 heterocycles. The molecule has 0 spiro atoms. The maximum Gasteiger partial charge on any atom is 0.248 e. The van der Waals surface area contributed by atoms with Crippen LogP contribution in [0.2, 0.25) is 5.02 Å². The van der Waals surface area contributed by atoms with Crippen LogP contribution in [0.15, 0.2) is 259 Å². The van der Waals surface area contributed by atoms with Gasteiger partial charge in [-0.1, -0.05) is 264 Å². The van der Waals surface area contributed by atoms with Gasteiger partial charge in [0.25, 0.3) is 0 Å². The van der Waals surface area contributed by atoms with Gasteiger partial charge in [0.1, 0.15) is 0 Å². The number of Topliss-reactive ketones (excluding diaryl/α,β-unsaturated/α-hetero) is 4. The summed E-state index contributed by atoms with van der Waals surface area (Å²) in [5.74, 6) is -1.46. The van der Waals surface area contributed by atoms with Crippen molar-refractivity contribution in [1.29, 1.82) is 0 Å². The lowest BCUT2D eigenvalue weighted by atomic mass is 10.1. The van der Waals surface area contributed by atoms with Gasteiger partial charge in [0.05, 0.1) is 22.8 Å². The Bertz CT molecular complexity index is 3840. The molecule has 0 saturated heterocycles. The number of aryl methyl sites for hydroxylation is 2. The second-order valence-electron chi connectivity index (χ2n) is 23.7. The third-order valence-electron chi connectivity index (χ3n) is 15.0. The maximum absolute atomic E-state index is 12.4. The Labute approximate surface area is 611 Å². The Kier molecular flexibility index (Phi) is 38.4. The summed E-state index contributed by atoms with van der Waals surface area (Å²) in [6, 6.07) is 64.8. The fraction of sp³-hybridized carbons (Fsp3) is 0.205. The average molecular weight is 1400 g/mol. The third kappa shape index (κ3) is 34.2. The number of rotatable bonds is 32. The number of thiophene rings is 1. The van der Waals surface area contributed by atoms with Crippen molar-refractivity contribution in [2.24, 2.45) is 0 Å². The summed E-state index contributed by atoms with van der Waals surface area (Å²) >= 11 is 7.40. The van der Waals surface area contributed by atoms with Gasteiger partial charge in [-0.25, -0.2) is 0 Å². The summed E-state index contributed by atoms with van der Waals surface area (Å²) in [6.07, 6.45) is 28.3. The zero-order chi connectivity index (χ0) is 73.5. The van der Waals surface area contributed by atoms with Gasteiger partial charge in [-0.05, 0) is 151 Å². The maximum atomic E-state index is 12.4. The molecule has 7 aromatic carbocycles. The molecule has 0 fully saturated rings. The Morgan fingerprint density at radius 1 is 0.314 bits per heavy atom. The van der Waals surface area contributed by atoms with Gasteiger partial charge in [-0.2, -0.15) is 0 Å². The molecule has 0 aliphatic rings. The van der Waals surface area contributed by atoms with Crippen LogP contribution in [0.5, 0.6) is 0 Å². The van der Waals surface area contributed by atoms with E-state index in [1.807, 2.05) is 241 Å². The lowest BCUT2D eigenvalue weighted by molar-refractivity contribution is -0.120. The van der Waals surface area contributed by atoms with Crippen LogP contribution in [0.1, 0.15) is 160 Å². The molecule has 0 bridgehead atoms. The number of hydrogen-bond acceptors (Lipinski definition) is 9. The number of halogens is 1. The van der Waals surface area contributed by atoms with Crippen LogP contribution in [0.4, 0.5) is 0 Å². The molecule has 14 heteroatoms. The number of carbonyl (C=O) groups excluding carboxylic acids is 8. The molecule has 102 heavy (non-hydrogen) atoms. The van der Waals surface area contributed by atoms with Gasteiger partial charge in [-0.3, -0.25) is 38.4 Å². The fourth-order valence-corrected chi connectivity index (χ4v) is 9.93. The second kappa shape index (κ2) is 47.9. The van der Waals surface area contributed by atoms with Crippen molar-refractivity contribution in [2.75, 3.05) is 0 Å². The molecule has 0 aliphatic heterocycles. The largest absolute Gasteiger partial charge is 0.319 e. The lowest BCUT2D eigenvalue weighted by Gasteiger charge is -2.08. The molecule has 0 saturated carbocycles. The van der Waals surface area contributed by atoms with Crippen LogP contribution in [0.25, 0.3) is 48.6 Å². The van der Waals surface area contributed by atoms with E-state index < -0.39 is 0 Å². The molecule has 12 nitrogen and oxygen atoms in total. The third-order valence-corrected chi connectivity index (χ3v) is 16.0. The van der Waals surface area contributed by atoms with Gasteiger partial charge < -0.3 is 21.3 Å². The molecule has 0 atom stereocenters. The zero-order valence-corrected chi connectivity index (χ0v) is 60.7. The number of allylic oxidation sites excluding steroid dienone is 4. The summed E-state index contributed by atoms with van der Waals surface area (Å²) in [4.78, 5) is 99.6. The summed E-state index contributed by atoms with van der Waals surface area (Å²) in [5, 5.41) is 13.5. The van der Waals surface area contributed by atoms with Crippen molar-refractivity contribution in [2.45, 2.75) is 119 Å². The van der Waals surface area contributed by atoms with Gasteiger partial charge in [0.2, 0.25) is 23.6 Å². The first-order valence-corrected chi connectivity index (χ1v) is 35.8. The van der Waals surface area contributed by atoms with Crippen molar-refractivity contribution in [3.63, 3.8) is 0 Å². The van der Waals surface area contributed by atoms with Gasteiger partial charge >= 0.3 is 0 Å². The predicted octanol–water partition coefficient (Wildman–Crippen LogP) is 19.8. The van der Waals surface area contributed by atoms with E-state index in [1.165, 1.54) is 35.4 Å². The Morgan fingerprint density at radius 3 is 0.814 bits per heavy atom. The Balaban J connectivity index is 0.000000245. The minimum atomic E-state index is -0.341. The first-order chi connectivity index (χ1) is 49.4. The molecule has 0 unspecified atom stereocenters. The average Bonchev–Trinajstić information content (AvgIpc) is 2.23. The monoisotopic (exact) mass is 1400 g/mol. The molecule has 1 aromatic heterocycles. The van der Waals surface area contributed by atoms with Crippen molar-refractivity contribution >= 4 is 118 Å². The summed E-state index contributed by atoms with van der Waals surface area (Å²) in [7, 11) is 0. The SMILES string of the molecule is CCCCC(=O)/C(=C/c1ccccc1)NC(=O)/C=C/c1ccc(C)cc1.CCCCC(=O)/C(=C/c1ccccc1)NC(=O)/C=C/c1ccc(C)cc1.CCCCC(=O)/C(=C/c1ccccc1)NC(=O)/C=C/c1ccc(Cl)cc1.CCCCC(=O)/C(=C/c1ccccc1)NC(=O)/C=C/c1cccs1. The highest BCUT2D eigenvalue weighted by atomic mass is 35.5. The minimum Gasteiger partial charge on any atom is -0.319 e. The van der Waals surface area contributed by atoms with E-state index in [1.54, 1.807) is 72.1 Å². The van der Waals surface area contributed by atoms with Gasteiger partial charge in [-0.15, -0.1) is 11.3 Å². The lowest BCUT2D eigenvalue weighted by Crippen LogP contribution is -2.25. The van der Waals surface area contributed by atoms with Crippen molar-refractivity contribution in [1.82, 2.24) is 21.3 Å². The zero-order valence-electron chi connectivity index (χ0n) is 59.2. The van der Waals surface area contributed by atoms with Crippen molar-refractivity contribution in [3.05, 3.63) is 319 Å². The molecule has 8 aromatic rings. The Morgan fingerprint density at radius 2 is 0.569 bits per heavy atom. The van der Waals surface area contributed by atoms with Crippen LogP contribution in [-0.4, -0.2) is 46.8 Å². The first kappa shape index (κ1) is 81.7. The van der Waals surface area contributed by atoms with E-state index in [9.17, 15) is 38.4 Å². The normalized spacial score (nSPS) is 11.6. The molecular formula is C88H93ClN4O8S. The minimum absolute atomic E-state index is 0.0430. The number of nitrogens with one attached hydrogen (secondary N) is 4. The smallest absolute Gasteiger partial charge is 0.248 e. The second-order valence-corrected chi connectivity index (χ2v) is 25.1. The molecule has 0 radical (unpaired) electrons. The topological polar surface area (TPSA) is 185 Å². The highest BCUT2D eigenvalue weighted by molar-refractivity contribution is 7.10. The van der Waals surface area contributed by atoms with Crippen LogP contribution in [0.3, 0.4) is 0 Å². The number of benzene rings is 7. The molecule has 4 N–H and O–H groups in total. The van der Waals surface area contributed by atoms with Crippen LogP contribution in [0, 0.1) is 13.8 Å². The van der Waals surface area contributed by atoms with E-state index in [-0.39, 0.29) is 46.8 Å². The fourth-order valence-electron chi connectivity index (χ4n) is 9.18. The Hall–Kier alpha value is -11.0. The number of unbranched alkanes of at least 4 members (excludes halogenated alkanes) is 4. The predicted molar refractivity (Wildman–Crippen MR) is 423 cm³/mol. The van der Waals surface area contributed by atoms with E-state index in [4.69, 9.17) is 11.6 Å². The van der Waals surface area contributed by atoms with Gasteiger partial charge in [0, 0.05) is 59.9 Å². The van der Waals surface area contributed by atoms with Crippen LogP contribution >= 0.6 is 22.9 Å². The summed E-state index contributed by atoms with van der Waals surface area (Å²) < 4.78 is 0. The highest BCUT2D eigenvalue weighted by Gasteiger charge is 2.16. The van der Waals surface area contributed by atoms with E-state index in [0.717, 1.165) is 95.2 Å². The number of amides is 4. The highest BCUT2D eigenvalue weighted by Crippen LogP contribution is 2.17. The summed E-state index contributed by atoms with van der Waals surface area (Å²) in [5.41, 5.74) is 9.93. The van der Waals surface area contributed by atoms with Crippen molar-refractivity contribution < 1.29 is 38.4 Å². The van der Waals surface area contributed by atoms with E-state index in [2.05, 4.69) is 21.3 Å². The number of hydrogen-bond donors (Lipinski definition) is 4. The van der Waals surface area contributed by atoms with Gasteiger partial charge in [0.15, 0.2) is 23.1 Å².